The van der Waals surface area contributed by atoms with Crippen LogP contribution in [0, 0.1) is 0 Å². The van der Waals surface area contributed by atoms with Gasteiger partial charge < -0.3 is 14.5 Å². The lowest BCUT2D eigenvalue weighted by Gasteiger charge is -2.23. The molecule has 0 bridgehead atoms. The highest BCUT2D eigenvalue weighted by Crippen LogP contribution is 2.26. The van der Waals surface area contributed by atoms with E-state index in [1.807, 2.05) is 30.3 Å². The minimum absolute atomic E-state index is 0.00744. The van der Waals surface area contributed by atoms with Crippen LogP contribution in [-0.2, 0) is 20.9 Å². The molecule has 0 aliphatic carbocycles. The standard InChI is InChI=1S/C22H24N2O4/c1-16(21(26)23(2)15-17-9-4-3-5-10-17)28-22(27)18-11-6-7-12-19(18)24-14-8-13-20(24)25/h3-7,9-12,16H,8,13-15H2,1-2H3/t16-/m1/s1. The third-order valence-electron chi connectivity index (χ3n) is 4.76. The Morgan fingerprint density at radius 3 is 2.46 bits per heavy atom. The van der Waals surface area contributed by atoms with Crippen molar-refractivity contribution in [3.8, 4) is 0 Å². The van der Waals surface area contributed by atoms with Crippen molar-refractivity contribution in [1.82, 2.24) is 4.90 Å². The summed E-state index contributed by atoms with van der Waals surface area (Å²) in [7, 11) is 1.68. The molecule has 0 spiro atoms. The van der Waals surface area contributed by atoms with Gasteiger partial charge in [0.15, 0.2) is 6.10 Å². The third-order valence-corrected chi connectivity index (χ3v) is 4.76. The highest BCUT2D eigenvalue weighted by molar-refractivity contribution is 6.04. The number of benzene rings is 2. The quantitative estimate of drug-likeness (QED) is 0.723. The summed E-state index contributed by atoms with van der Waals surface area (Å²) in [6, 6.07) is 16.4. The third kappa shape index (κ3) is 4.39. The number of esters is 1. The molecule has 0 radical (unpaired) electrons. The zero-order valence-electron chi connectivity index (χ0n) is 16.1. The molecule has 0 saturated carbocycles. The molecule has 2 aromatic carbocycles. The van der Waals surface area contributed by atoms with Gasteiger partial charge in [-0.25, -0.2) is 4.79 Å². The van der Waals surface area contributed by atoms with Crippen molar-refractivity contribution in [1.29, 1.82) is 0 Å². The second kappa shape index (κ2) is 8.69. The number of likely N-dealkylation sites (N-methyl/N-ethyl adjacent to an activating group) is 1. The molecule has 6 nitrogen and oxygen atoms in total. The average molecular weight is 380 g/mol. The van der Waals surface area contributed by atoms with Crippen LogP contribution in [0.15, 0.2) is 54.6 Å². The SMILES string of the molecule is C[C@@H](OC(=O)c1ccccc1N1CCCC1=O)C(=O)N(C)Cc1ccccc1. The van der Waals surface area contributed by atoms with Crippen molar-refractivity contribution in [3.63, 3.8) is 0 Å². The van der Waals surface area contributed by atoms with Gasteiger partial charge >= 0.3 is 5.97 Å². The molecule has 1 heterocycles. The van der Waals surface area contributed by atoms with Crippen LogP contribution in [-0.4, -0.2) is 42.4 Å². The summed E-state index contributed by atoms with van der Waals surface area (Å²) >= 11 is 0. The van der Waals surface area contributed by atoms with Crippen molar-refractivity contribution in [2.75, 3.05) is 18.5 Å². The van der Waals surface area contributed by atoms with E-state index in [4.69, 9.17) is 4.74 Å². The van der Waals surface area contributed by atoms with Crippen LogP contribution in [0.1, 0.15) is 35.7 Å². The minimum Gasteiger partial charge on any atom is -0.449 e. The normalized spacial score (nSPS) is 14.6. The molecule has 2 amide bonds. The number of para-hydroxylation sites is 1. The first-order valence-corrected chi connectivity index (χ1v) is 9.36. The van der Waals surface area contributed by atoms with E-state index < -0.39 is 12.1 Å². The largest absolute Gasteiger partial charge is 0.449 e. The van der Waals surface area contributed by atoms with Crippen molar-refractivity contribution in [2.24, 2.45) is 0 Å². The number of carbonyl (C=O) groups is 3. The summed E-state index contributed by atoms with van der Waals surface area (Å²) in [6.07, 6.45) is 0.313. The molecule has 1 saturated heterocycles. The van der Waals surface area contributed by atoms with Gasteiger partial charge in [-0.15, -0.1) is 0 Å². The van der Waals surface area contributed by atoms with Crippen molar-refractivity contribution < 1.29 is 19.1 Å². The second-order valence-corrected chi connectivity index (χ2v) is 6.89. The van der Waals surface area contributed by atoms with Crippen LogP contribution < -0.4 is 4.90 Å². The fourth-order valence-corrected chi connectivity index (χ4v) is 3.30. The van der Waals surface area contributed by atoms with Crippen LogP contribution in [0.25, 0.3) is 0 Å². The van der Waals surface area contributed by atoms with E-state index in [0.29, 0.717) is 30.8 Å². The predicted octanol–water partition coefficient (Wildman–Crippen LogP) is 3.02. The maximum absolute atomic E-state index is 12.7. The van der Waals surface area contributed by atoms with Crippen molar-refractivity contribution >= 4 is 23.5 Å². The van der Waals surface area contributed by atoms with Gasteiger partial charge in [-0.2, -0.15) is 0 Å². The van der Waals surface area contributed by atoms with Gasteiger partial charge in [-0.3, -0.25) is 9.59 Å². The Labute approximate surface area is 164 Å². The summed E-state index contributed by atoms with van der Waals surface area (Å²) in [5, 5.41) is 0. The Bertz CT molecular complexity index is 866. The monoisotopic (exact) mass is 380 g/mol. The number of ether oxygens (including phenoxy) is 1. The lowest BCUT2D eigenvalue weighted by molar-refractivity contribution is -0.139. The Morgan fingerprint density at radius 1 is 1.11 bits per heavy atom. The summed E-state index contributed by atoms with van der Waals surface area (Å²) in [5.74, 6) is -0.900. The van der Waals surface area contributed by atoms with Gasteiger partial charge in [0.05, 0.1) is 11.3 Å². The van der Waals surface area contributed by atoms with E-state index in [2.05, 4.69) is 0 Å². The number of hydrogen-bond acceptors (Lipinski definition) is 4. The fourth-order valence-electron chi connectivity index (χ4n) is 3.30. The van der Waals surface area contributed by atoms with Crippen LogP contribution >= 0.6 is 0 Å². The topological polar surface area (TPSA) is 66.9 Å². The van der Waals surface area contributed by atoms with Gasteiger partial charge in [0.1, 0.15) is 0 Å². The van der Waals surface area contributed by atoms with Crippen LogP contribution in [0.4, 0.5) is 5.69 Å². The molecule has 1 fully saturated rings. The molecule has 146 valence electrons. The average Bonchev–Trinajstić information content (AvgIpc) is 3.13. The molecule has 1 atom stereocenters. The molecule has 1 aliphatic rings. The number of rotatable bonds is 6. The lowest BCUT2D eigenvalue weighted by Crippen LogP contribution is -2.37. The number of hydrogen-bond donors (Lipinski definition) is 0. The highest BCUT2D eigenvalue weighted by Gasteiger charge is 2.28. The number of anilines is 1. The first kappa shape index (κ1) is 19.6. The van der Waals surface area contributed by atoms with Crippen LogP contribution in [0.2, 0.25) is 0 Å². The smallest absolute Gasteiger partial charge is 0.341 e. The van der Waals surface area contributed by atoms with Crippen molar-refractivity contribution in [2.45, 2.75) is 32.4 Å². The highest BCUT2D eigenvalue weighted by atomic mass is 16.5. The molecule has 6 heteroatoms. The summed E-state index contributed by atoms with van der Waals surface area (Å²) in [6.45, 7) is 2.57. The zero-order chi connectivity index (χ0) is 20.1. The van der Waals surface area contributed by atoms with E-state index in [9.17, 15) is 14.4 Å². The fraction of sp³-hybridized carbons (Fsp3) is 0.318. The zero-order valence-corrected chi connectivity index (χ0v) is 16.1. The lowest BCUT2D eigenvalue weighted by atomic mass is 10.1. The van der Waals surface area contributed by atoms with Gasteiger partial charge in [0.2, 0.25) is 5.91 Å². The Kier molecular flexibility index (Phi) is 6.09. The van der Waals surface area contributed by atoms with Crippen LogP contribution in [0.3, 0.4) is 0 Å². The Hall–Kier alpha value is -3.15. The number of nitrogens with zero attached hydrogens (tertiary/aromatic N) is 2. The predicted molar refractivity (Wildman–Crippen MR) is 106 cm³/mol. The van der Waals surface area contributed by atoms with Crippen molar-refractivity contribution in [3.05, 3.63) is 65.7 Å². The molecule has 0 unspecified atom stereocenters. The summed E-state index contributed by atoms with van der Waals surface area (Å²) in [4.78, 5) is 40.5. The Morgan fingerprint density at radius 2 is 1.79 bits per heavy atom. The van der Waals surface area contributed by atoms with Gasteiger partial charge in [-0.05, 0) is 31.0 Å². The van der Waals surface area contributed by atoms with E-state index in [1.54, 1.807) is 43.1 Å². The minimum atomic E-state index is -0.927. The van der Waals surface area contributed by atoms with E-state index in [1.165, 1.54) is 4.90 Å². The van der Waals surface area contributed by atoms with E-state index in [0.717, 1.165) is 12.0 Å². The van der Waals surface area contributed by atoms with Crippen LogP contribution in [0.5, 0.6) is 0 Å². The summed E-state index contributed by atoms with van der Waals surface area (Å²) < 4.78 is 5.42. The molecule has 0 N–H and O–H groups in total. The first-order valence-electron chi connectivity index (χ1n) is 9.36. The number of carbonyl (C=O) groups excluding carboxylic acids is 3. The molecule has 28 heavy (non-hydrogen) atoms. The molecular formula is C22H24N2O4. The molecule has 3 rings (SSSR count). The molecular weight excluding hydrogens is 356 g/mol. The first-order chi connectivity index (χ1) is 13.5. The summed E-state index contributed by atoms with van der Waals surface area (Å²) in [5.41, 5.74) is 1.82. The number of amides is 2. The van der Waals surface area contributed by atoms with Gasteiger partial charge in [-0.1, -0.05) is 42.5 Å². The van der Waals surface area contributed by atoms with Gasteiger partial charge in [0.25, 0.3) is 5.91 Å². The van der Waals surface area contributed by atoms with E-state index in [-0.39, 0.29) is 11.8 Å². The maximum atomic E-state index is 12.7. The van der Waals surface area contributed by atoms with E-state index >= 15 is 0 Å². The second-order valence-electron chi connectivity index (χ2n) is 6.89. The molecule has 1 aliphatic heterocycles. The molecule has 2 aromatic rings. The molecule has 0 aromatic heterocycles. The van der Waals surface area contributed by atoms with Gasteiger partial charge in [0, 0.05) is 26.6 Å². The Balaban J connectivity index is 1.67. The maximum Gasteiger partial charge on any atom is 0.341 e.